The van der Waals surface area contributed by atoms with Gasteiger partial charge in [-0.3, -0.25) is 9.78 Å². The van der Waals surface area contributed by atoms with E-state index in [1.807, 2.05) is 29.2 Å². The Kier molecular flexibility index (Phi) is 4.65. The zero-order chi connectivity index (χ0) is 17.9. The number of hydrogen-bond donors (Lipinski definition) is 1. The van der Waals surface area contributed by atoms with Crippen LogP contribution in [0.15, 0.2) is 36.7 Å². The van der Waals surface area contributed by atoms with Crippen LogP contribution in [0, 0.1) is 5.92 Å². The Morgan fingerprint density at radius 1 is 1.27 bits per heavy atom. The average molecular weight is 353 g/mol. The molecule has 4 rings (SSSR count). The SMILES string of the molecule is CC1CCCN(C(=O)c2cncc(NCc3ccc4c(c3)OCO4)c2)C1. The smallest absolute Gasteiger partial charge is 0.255 e. The zero-order valence-electron chi connectivity index (χ0n) is 14.9. The van der Waals surface area contributed by atoms with E-state index in [0.29, 0.717) is 18.0 Å². The number of nitrogens with zero attached hydrogens (tertiary/aromatic N) is 2. The highest BCUT2D eigenvalue weighted by atomic mass is 16.7. The minimum absolute atomic E-state index is 0.0655. The van der Waals surface area contributed by atoms with Gasteiger partial charge in [-0.25, -0.2) is 0 Å². The van der Waals surface area contributed by atoms with Crippen molar-refractivity contribution in [2.45, 2.75) is 26.3 Å². The van der Waals surface area contributed by atoms with Gasteiger partial charge in [-0.05, 0) is 42.5 Å². The first-order chi connectivity index (χ1) is 12.7. The van der Waals surface area contributed by atoms with Gasteiger partial charge in [-0.1, -0.05) is 13.0 Å². The van der Waals surface area contributed by atoms with Gasteiger partial charge in [0, 0.05) is 32.0 Å². The molecule has 0 aliphatic carbocycles. The van der Waals surface area contributed by atoms with Crippen LogP contribution in [-0.2, 0) is 6.54 Å². The molecular formula is C20H23N3O3. The van der Waals surface area contributed by atoms with E-state index in [1.165, 1.54) is 6.42 Å². The number of pyridine rings is 1. The predicted octanol–water partition coefficient (Wildman–Crippen LogP) is 3.29. The van der Waals surface area contributed by atoms with Gasteiger partial charge in [0.05, 0.1) is 11.3 Å². The summed E-state index contributed by atoms with van der Waals surface area (Å²) in [5, 5.41) is 3.33. The Bertz CT molecular complexity index is 809. The third kappa shape index (κ3) is 3.59. The Morgan fingerprint density at radius 3 is 3.04 bits per heavy atom. The Labute approximate surface area is 153 Å². The van der Waals surface area contributed by atoms with Gasteiger partial charge in [0.25, 0.3) is 5.91 Å². The minimum atomic E-state index is 0.0655. The van der Waals surface area contributed by atoms with Crippen LogP contribution in [-0.4, -0.2) is 35.7 Å². The lowest BCUT2D eigenvalue weighted by atomic mass is 10.00. The summed E-state index contributed by atoms with van der Waals surface area (Å²) in [6, 6.07) is 7.75. The third-order valence-corrected chi connectivity index (χ3v) is 4.86. The number of amides is 1. The van der Waals surface area contributed by atoms with Crippen molar-refractivity contribution in [2.75, 3.05) is 25.2 Å². The lowest BCUT2D eigenvalue weighted by Crippen LogP contribution is -2.39. The molecule has 2 aromatic rings. The lowest BCUT2D eigenvalue weighted by Gasteiger charge is -2.31. The van der Waals surface area contributed by atoms with Gasteiger partial charge in [0.15, 0.2) is 11.5 Å². The Balaban J connectivity index is 1.41. The van der Waals surface area contributed by atoms with Gasteiger partial charge in [0.2, 0.25) is 6.79 Å². The molecule has 0 radical (unpaired) electrons. The minimum Gasteiger partial charge on any atom is -0.454 e. The molecule has 0 saturated carbocycles. The zero-order valence-corrected chi connectivity index (χ0v) is 14.9. The van der Waals surface area contributed by atoms with Gasteiger partial charge in [-0.2, -0.15) is 0 Å². The lowest BCUT2D eigenvalue weighted by molar-refractivity contribution is 0.0682. The normalized spacial score (nSPS) is 18.7. The summed E-state index contributed by atoms with van der Waals surface area (Å²) in [6.45, 7) is 4.75. The maximum atomic E-state index is 12.7. The molecule has 0 spiro atoms. The molecule has 136 valence electrons. The van der Waals surface area contributed by atoms with Crippen molar-refractivity contribution in [1.29, 1.82) is 0 Å². The molecule has 1 N–H and O–H groups in total. The van der Waals surface area contributed by atoms with Crippen molar-refractivity contribution in [3.05, 3.63) is 47.8 Å². The molecule has 6 heteroatoms. The average Bonchev–Trinajstić information content (AvgIpc) is 3.14. The number of carbonyl (C=O) groups excluding carboxylic acids is 1. The number of carbonyl (C=O) groups is 1. The van der Waals surface area contributed by atoms with E-state index in [0.717, 1.165) is 42.3 Å². The first kappa shape index (κ1) is 16.7. The van der Waals surface area contributed by atoms with Gasteiger partial charge >= 0.3 is 0 Å². The van der Waals surface area contributed by atoms with Crippen molar-refractivity contribution in [1.82, 2.24) is 9.88 Å². The maximum Gasteiger partial charge on any atom is 0.255 e. The van der Waals surface area contributed by atoms with Crippen molar-refractivity contribution < 1.29 is 14.3 Å². The molecule has 0 bridgehead atoms. The second kappa shape index (κ2) is 7.23. The number of rotatable bonds is 4. The number of anilines is 1. The van der Waals surface area contributed by atoms with Crippen LogP contribution < -0.4 is 14.8 Å². The van der Waals surface area contributed by atoms with Crippen LogP contribution in [0.1, 0.15) is 35.7 Å². The quantitative estimate of drug-likeness (QED) is 0.914. The molecule has 1 fully saturated rings. The largest absolute Gasteiger partial charge is 0.454 e. The van der Waals surface area contributed by atoms with Crippen molar-refractivity contribution in [3.8, 4) is 11.5 Å². The first-order valence-corrected chi connectivity index (χ1v) is 9.06. The molecule has 1 atom stereocenters. The summed E-state index contributed by atoms with van der Waals surface area (Å²) in [5.41, 5.74) is 2.55. The summed E-state index contributed by atoms with van der Waals surface area (Å²) in [6.07, 6.45) is 5.65. The van der Waals surface area contributed by atoms with E-state index in [2.05, 4.69) is 17.2 Å². The number of benzene rings is 1. The van der Waals surface area contributed by atoms with Gasteiger partial charge in [-0.15, -0.1) is 0 Å². The highest BCUT2D eigenvalue weighted by Gasteiger charge is 2.22. The molecule has 1 unspecified atom stereocenters. The number of piperidine rings is 1. The second-order valence-corrected chi connectivity index (χ2v) is 7.00. The first-order valence-electron chi connectivity index (χ1n) is 9.06. The van der Waals surface area contributed by atoms with Crippen LogP contribution in [0.4, 0.5) is 5.69 Å². The summed E-state index contributed by atoms with van der Waals surface area (Å²) < 4.78 is 10.7. The summed E-state index contributed by atoms with van der Waals surface area (Å²) in [4.78, 5) is 18.9. The summed E-state index contributed by atoms with van der Waals surface area (Å²) >= 11 is 0. The summed E-state index contributed by atoms with van der Waals surface area (Å²) in [7, 11) is 0. The van der Waals surface area contributed by atoms with Crippen LogP contribution in [0.5, 0.6) is 11.5 Å². The second-order valence-electron chi connectivity index (χ2n) is 7.00. The molecule has 2 aliphatic rings. The highest BCUT2D eigenvalue weighted by molar-refractivity contribution is 5.94. The maximum absolute atomic E-state index is 12.7. The van der Waals surface area contributed by atoms with Gasteiger partial charge < -0.3 is 19.7 Å². The fraction of sp³-hybridized carbons (Fsp3) is 0.400. The number of hydrogen-bond acceptors (Lipinski definition) is 5. The molecular weight excluding hydrogens is 330 g/mol. The van der Waals surface area contributed by atoms with Crippen LogP contribution in [0.25, 0.3) is 0 Å². The highest BCUT2D eigenvalue weighted by Crippen LogP contribution is 2.32. The van der Waals surface area contributed by atoms with Crippen molar-refractivity contribution >= 4 is 11.6 Å². The number of ether oxygens (including phenoxy) is 2. The van der Waals surface area contributed by atoms with Crippen molar-refractivity contribution in [3.63, 3.8) is 0 Å². The fourth-order valence-corrected chi connectivity index (χ4v) is 3.47. The Hall–Kier alpha value is -2.76. The third-order valence-electron chi connectivity index (χ3n) is 4.86. The van der Waals surface area contributed by atoms with E-state index in [1.54, 1.807) is 12.4 Å². The van der Waals surface area contributed by atoms with E-state index < -0.39 is 0 Å². The number of aromatic nitrogens is 1. The molecule has 6 nitrogen and oxygen atoms in total. The Morgan fingerprint density at radius 2 is 2.15 bits per heavy atom. The molecule has 1 amide bonds. The van der Waals surface area contributed by atoms with E-state index in [-0.39, 0.29) is 12.7 Å². The molecule has 2 aliphatic heterocycles. The standard InChI is InChI=1S/C20H23N3O3/c1-14-3-2-6-23(12-14)20(24)16-8-17(11-21-10-16)22-9-15-4-5-18-19(7-15)26-13-25-18/h4-5,7-8,10-11,14,22H,2-3,6,9,12-13H2,1H3. The van der Waals surface area contributed by atoms with Crippen LogP contribution in [0.3, 0.4) is 0 Å². The van der Waals surface area contributed by atoms with E-state index >= 15 is 0 Å². The van der Waals surface area contributed by atoms with Gasteiger partial charge in [0.1, 0.15) is 0 Å². The number of nitrogens with one attached hydrogen (secondary N) is 1. The molecule has 1 aromatic carbocycles. The predicted molar refractivity (Wildman–Crippen MR) is 98.4 cm³/mol. The van der Waals surface area contributed by atoms with Crippen molar-refractivity contribution in [2.24, 2.45) is 5.92 Å². The van der Waals surface area contributed by atoms with E-state index in [9.17, 15) is 4.79 Å². The number of likely N-dealkylation sites (tertiary alicyclic amines) is 1. The molecule has 26 heavy (non-hydrogen) atoms. The molecule has 1 aromatic heterocycles. The topological polar surface area (TPSA) is 63.7 Å². The fourth-order valence-electron chi connectivity index (χ4n) is 3.47. The van der Waals surface area contributed by atoms with Crippen LogP contribution in [0.2, 0.25) is 0 Å². The monoisotopic (exact) mass is 353 g/mol. The molecule has 1 saturated heterocycles. The molecule has 3 heterocycles. The number of fused-ring (bicyclic) bond motifs is 1. The summed E-state index contributed by atoms with van der Waals surface area (Å²) in [5.74, 6) is 2.17. The van der Waals surface area contributed by atoms with Crippen LogP contribution >= 0.6 is 0 Å². The van der Waals surface area contributed by atoms with E-state index in [4.69, 9.17) is 9.47 Å².